The molecule has 170 valence electrons. The van der Waals surface area contributed by atoms with Gasteiger partial charge in [-0.05, 0) is 44.1 Å². The molecule has 6 fully saturated rings. The number of hydrogen-bond donors (Lipinski definition) is 2. The molecule has 5 unspecified atom stereocenters. The van der Waals surface area contributed by atoms with E-state index in [4.69, 9.17) is 14.2 Å². The van der Waals surface area contributed by atoms with Crippen LogP contribution in [0.1, 0.15) is 39.0 Å². The zero-order chi connectivity index (χ0) is 21.1. The van der Waals surface area contributed by atoms with E-state index in [0.717, 1.165) is 45.4 Å². The summed E-state index contributed by atoms with van der Waals surface area (Å²) in [6, 6.07) is 0.329. The van der Waals surface area contributed by atoms with Gasteiger partial charge in [0.05, 0.1) is 30.5 Å². The molecule has 1 spiro atoms. The molecule has 1 saturated heterocycles. The average Bonchev–Trinajstić information content (AvgIpc) is 3.15. The van der Waals surface area contributed by atoms with Crippen molar-refractivity contribution in [2.45, 2.75) is 69.0 Å². The quantitative estimate of drug-likeness (QED) is 0.702. The predicted molar refractivity (Wildman–Crippen MR) is 111 cm³/mol. The Kier molecular flexibility index (Phi) is 4.36. The zero-order valence-electron chi connectivity index (χ0n) is 18.9. The smallest absolute Gasteiger partial charge is 0.0771 e. The normalized spacial score (nSPS) is 60.8. The summed E-state index contributed by atoms with van der Waals surface area (Å²) in [6.07, 6.45) is 4.52. The number of aliphatic hydroxyl groups excluding tert-OH is 1. The highest BCUT2D eigenvalue weighted by atomic mass is 16.5. The second-order valence-corrected chi connectivity index (χ2v) is 11.5. The van der Waals surface area contributed by atoms with Crippen molar-refractivity contribution >= 4 is 0 Å². The van der Waals surface area contributed by atoms with Crippen LogP contribution in [0.5, 0.6) is 0 Å². The highest BCUT2D eigenvalue weighted by molar-refractivity contribution is 5.33. The van der Waals surface area contributed by atoms with Gasteiger partial charge in [-0.2, -0.15) is 0 Å². The Hall–Kier alpha value is -0.240. The number of fused-ring (bicyclic) bond motifs is 2. The predicted octanol–water partition coefficient (Wildman–Crippen LogP) is 1.53. The molecule has 0 amide bonds. The molecule has 5 saturated carbocycles. The highest BCUT2D eigenvalue weighted by Gasteiger charge is 2.83. The van der Waals surface area contributed by atoms with Crippen LogP contribution in [0.25, 0.3) is 0 Å². The van der Waals surface area contributed by atoms with Gasteiger partial charge in [-0.3, -0.25) is 4.90 Å². The number of piperidine rings is 1. The van der Waals surface area contributed by atoms with Crippen molar-refractivity contribution in [3.8, 4) is 0 Å². The third-order valence-corrected chi connectivity index (χ3v) is 11.2. The first-order valence-corrected chi connectivity index (χ1v) is 12.1. The summed E-state index contributed by atoms with van der Waals surface area (Å²) < 4.78 is 18.0. The van der Waals surface area contributed by atoms with Crippen LogP contribution in [0.4, 0.5) is 0 Å². The average molecular weight is 422 g/mol. The van der Waals surface area contributed by atoms with Crippen LogP contribution >= 0.6 is 0 Å². The van der Waals surface area contributed by atoms with Gasteiger partial charge < -0.3 is 24.4 Å². The van der Waals surface area contributed by atoms with Crippen molar-refractivity contribution in [1.29, 1.82) is 0 Å². The second kappa shape index (κ2) is 6.42. The summed E-state index contributed by atoms with van der Waals surface area (Å²) in [4.78, 5) is 2.67. The largest absolute Gasteiger partial charge is 0.392 e. The number of methoxy groups -OCH3 is 3. The van der Waals surface area contributed by atoms with E-state index in [1.807, 2.05) is 14.2 Å². The molecule has 7 bridgehead atoms. The summed E-state index contributed by atoms with van der Waals surface area (Å²) in [5.41, 5.74) is -0.719. The molecule has 0 aromatic carbocycles. The maximum absolute atomic E-state index is 12.4. The van der Waals surface area contributed by atoms with Crippen molar-refractivity contribution in [1.82, 2.24) is 4.90 Å². The molecule has 0 aromatic heterocycles. The first-order chi connectivity index (χ1) is 14.4. The Morgan fingerprint density at radius 3 is 2.57 bits per heavy atom. The monoisotopic (exact) mass is 421 g/mol. The van der Waals surface area contributed by atoms with Crippen LogP contribution in [-0.2, 0) is 14.2 Å². The number of aliphatic hydroxyl groups is 2. The fourth-order valence-electron chi connectivity index (χ4n) is 10.7. The van der Waals surface area contributed by atoms with E-state index < -0.39 is 11.7 Å². The summed E-state index contributed by atoms with van der Waals surface area (Å²) in [6.45, 7) is 5.11. The molecule has 12 atom stereocenters. The van der Waals surface area contributed by atoms with Crippen molar-refractivity contribution in [2.75, 3.05) is 41.0 Å². The van der Waals surface area contributed by atoms with E-state index in [2.05, 4.69) is 11.8 Å². The second-order valence-electron chi connectivity index (χ2n) is 11.5. The van der Waals surface area contributed by atoms with Crippen LogP contribution in [-0.4, -0.2) is 86.1 Å². The van der Waals surface area contributed by atoms with Gasteiger partial charge in [-0.15, -0.1) is 0 Å². The molecule has 0 aromatic rings. The van der Waals surface area contributed by atoms with E-state index in [9.17, 15) is 10.2 Å². The summed E-state index contributed by atoms with van der Waals surface area (Å²) in [5.74, 6) is 1.03. The van der Waals surface area contributed by atoms with Gasteiger partial charge in [0.25, 0.3) is 0 Å². The lowest BCUT2D eigenvalue weighted by atomic mass is 9.43. The van der Waals surface area contributed by atoms with Gasteiger partial charge in [0, 0.05) is 68.9 Å². The molecule has 6 aliphatic rings. The first kappa shape index (κ1) is 20.4. The number of hydrogen-bond acceptors (Lipinski definition) is 6. The van der Waals surface area contributed by atoms with E-state index in [-0.39, 0.29) is 46.7 Å². The maximum Gasteiger partial charge on any atom is 0.0771 e. The Balaban J connectivity index is 1.58. The summed E-state index contributed by atoms with van der Waals surface area (Å²) in [5, 5.41) is 23.8. The molecule has 1 aliphatic heterocycles. The summed E-state index contributed by atoms with van der Waals surface area (Å²) >= 11 is 0. The van der Waals surface area contributed by atoms with Gasteiger partial charge in [0.1, 0.15) is 0 Å². The molecule has 1 heterocycles. The number of likely N-dealkylation sites (tertiary alicyclic amines) is 1. The Bertz CT molecular complexity index is 720. The molecular formula is C24H39NO5. The Morgan fingerprint density at radius 1 is 1.10 bits per heavy atom. The minimum atomic E-state index is -0.847. The molecule has 6 nitrogen and oxygen atoms in total. The highest BCUT2D eigenvalue weighted by Crippen LogP contribution is 2.79. The zero-order valence-corrected chi connectivity index (χ0v) is 18.9. The molecule has 6 rings (SSSR count). The van der Waals surface area contributed by atoms with Crippen molar-refractivity contribution in [3.05, 3.63) is 0 Å². The Labute approximate surface area is 180 Å². The number of nitrogens with zero attached hydrogens (tertiary/aromatic N) is 1. The molecule has 5 aliphatic carbocycles. The molecule has 0 radical (unpaired) electrons. The van der Waals surface area contributed by atoms with E-state index in [1.54, 1.807) is 7.11 Å². The van der Waals surface area contributed by atoms with Crippen LogP contribution in [0.15, 0.2) is 0 Å². The lowest BCUT2D eigenvalue weighted by Gasteiger charge is -2.69. The van der Waals surface area contributed by atoms with Gasteiger partial charge in [-0.25, -0.2) is 0 Å². The standard InChI is InChI=1S/C24H39NO5/c1-5-25-11-22(12-28-2)7-6-18(30-4)24-14-8-13-16(29-3)10-23(27,19(14)20(13)26)15(21(24)25)9-17(22)24/h13-21,26-27H,5-12H2,1-4H3/t13?,14-,15+,16?,17-,18?,19-,20?,21+,22+,23+,24?/m1/s1. The summed E-state index contributed by atoms with van der Waals surface area (Å²) in [7, 11) is 5.48. The number of ether oxygens (including phenoxy) is 3. The molecule has 6 heteroatoms. The van der Waals surface area contributed by atoms with E-state index >= 15 is 0 Å². The van der Waals surface area contributed by atoms with E-state index in [1.165, 1.54) is 0 Å². The van der Waals surface area contributed by atoms with Crippen molar-refractivity contribution < 1.29 is 24.4 Å². The van der Waals surface area contributed by atoms with Gasteiger partial charge in [0.15, 0.2) is 0 Å². The molecule has 30 heavy (non-hydrogen) atoms. The van der Waals surface area contributed by atoms with Gasteiger partial charge >= 0.3 is 0 Å². The van der Waals surface area contributed by atoms with Crippen LogP contribution in [0, 0.1) is 40.4 Å². The minimum absolute atomic E-state index is 0.000283. The van der Waals surface area contributed by atoms with E-state index in [0.29, 0.717) is 18.4 Å². The van der Waals surface area contributed by atoms with Crippen LogP contribution < -0.4 is 0 Å². The third-order valence-electron chi connectivity index (χ3n) is 11.2. The topological polar surface area (TPSA) is 71.4 Å². The maximum atomic E-state index is 12.4. The fourth-order valence-corrected chi connectivity index (χ4v) is 10.7. The van der Waals surface area contributed by atoms with Gasteiger partial charge in [0.2, 0.25) is 0 Å². The lowest BCUT2D eigenvalue weighted by molar-refractivity contribution is -0.276. The minimum Gasteiger partial charge on any atom is -0.392 e. The molecule has 2 N–H and O–H groups in total. The van der Waals surface area contributed by atoms with Crippen LogP contribution in [0.2, 0.25) is 0 Å². The third kappa shape index (κ3) is 2.00. The SMILES string of the molecule is CCN1C[C@]2(COC)CCC(OC)C34[C@@H]5CC6C(OC)C[C@](O)([C@@H](C[C@@H]32)[C@H]14)[C@H]5C6O. The Morgan fingerprint density at radius 2 is 1.90 bits per heavy atom. The fraction of sp³-hybridized carbons (Fsp3) is 1.00. The van der Waals surface area contributed by atoms with Crippen molar-refractivity contribution in [3.63, 3.8) is 0 Å². The van der Waals surface area contributed by atoms with Crippen molar-refractivity contribution in [2.24, 2.45) is 40.4 Å². The number of rotatable bonds is 5. The lowest BCUT2D eigenvalue weighted by Crippen LogP contribution is -2.76. The van der Waals surface area contributed by atoms with Crippen LogP contribution in [0.3, 0.4) is 0 Å². The first-order valence-electron chi connectivity index (χ1n) is 12.1. The molecular weight excluding hydrogens is 382 g/mol. The van der Waals surface area contributed by atoms with Gasteiger partial charge in [-0.1, -0.05) is 6.92 Å².